The number of carbonyl (C=O) groups is 2. The van der Waals surface area contributed by atoms with Crippen molar-refractivity contribution in [3.63, 3.8) is 0 Å². The number of hydrogen-bond acceptors (Lipinski definition) is 3. The molecule has 0 aliphatic heterocycles. The lowest BCUT2D eigenvalue weighted by atomic mass is 9.44. The molecule has 0 aromatic rings. The Morgan fingerprint density at radius 3 is 2.77 bits per heavy atom. The zero-order chi connectivity index (χ0) is 15.7. The Balaban J connectivity index is 1.71. The van der Waals surface area contributed by atoms with Crippen LogP contribution in [0.5, 0.6) is 0 Å². The first-order chi connectivity index (χ1) is 10.4. The molecule has 0 heterocycles. The summed E-state index contributed by atoms with van der Waals surface area (Å²) in [5, 5.41) is 10.8. The normalized spacial score (nSPS) is 53.9. The molecule has 4 rings (SSSR count). The minimum Gasteiger partial charge on any atom is -0.393 e. The largest absolute Gasteiger partial charge is 0.393 e. The first kappa shape index (κ1) is 14.6. The number of carbonyl (C=O) groups excluding carboxylic acids is 2. The Hall–Kier alpha value is -0.960. The van der Waals surface area contributed by atoms with Gasteiger partial charge in [-0.15, -0.1) is 0 Å². The lowest BCUT2D eigenvalue weighted by Crippen LogP contribution is -2.58. The molecule has 0 amide bonds. The number of fused-ring (bicyclic) bond motifs is 5. The molecular formula is C19H26O3. The van der Waals surface area contributed by atoms with Crippen LogP contribution in [-0.4, -0.2) is 22.8 Å². The second-order valence-corrected chi connectivity index (χ2v) is 8.64. The highest BCUT2D eigenvalue weighted by molar-refractivity contribution is 5.97. The molecule has 3 heteroatoms. The Morgan fingerprint density at radius 2 is 2.00 bits per heavy atom. The summed E-state index contributed by atoms with van der Waals surface area (Å²) < 4.78 is 0. The van der Waals surface area contributed by atoms with Crippen LogP contribution in [0.2, 0.25) is 0 Å². The van der Waals surface area contributed by atoms with E-state index < -0.39 is 0 Å². The molecule has 1 unspecified atom stereocenters. The third-order valence-electron chi connectivity index (χ3n) is 7.77. The maximum absolute atomic E-state index is 12.3. The highest BCUT2D eigenvalue weighted by atomic mass is 16.3. The summed E-state index contributed by atoms with van der Waals surface area (Å²) in [7, 11) is 0. The second kappa shape index (κ2) is 4.53. The van der Waals surface area contributed by atoms with Gasteiger partial charge in [-0.05, 0) is 60.8 Å². The lowest BCUT2D eigenvalue weighted by Gasteiger charge is -2.60. The van der Waals surface area contributed by atoms with Crippen molar-refractivity contribution < 1.29 is 14.7 Å². The highest BCUT2D eigenvalue weighted by Gasteiger charge is 2.61. The molecule has 0 aromatic heterocycles. The molecule has 7 atom stereocenters. The monoisotopic (exact) mass is 302 g/mol. The SMILES string of the molecule is C[C@]12CCC(=O)CC1C[C@@H](O)[C@@H]1[C@@H]2CC[C@]2(C)C(=O)C=C[C@@H]12. The predicted molar refractivity (Wildman–Crippen MR) is 83.0 cm³/mol. The molecule has 3 saturated carbocycles. The van der Waals surface area contributed by atoms with Gasteiger partial charge in [-0.2, -0.15) is 0 Å². The minimum atomic E-state index is -0.367. The molecule has 1 N–H and O–H groups in total. The number of allylic oxidation sites excluding steroid dienone is 2. The van der Waals surface area contributed by atoms with Crippen LogP contribution in [0.1, 0.15) is 52.4 Å². The van der Waals surface area contributed by atoms with Crippen LogP contribution in [0.4, 0.5) is 0 Å². The molecule has 3 fully saturated rings. The van der Waals surface area contributed by atoms with E-state index in [0.29, 0.717) is 30.5 Å². The molecule has 4 aliphatic carbocycles. The van der Waals surface area contributed by atoms with E-state index in [0.717, 1.165) is 25.7 Å². The smallest absolute Gasteiger partial charge is 0.161 e. The summed E-state index contributed by atoms with van der Waals surface area (Å²) in [6, 6.07) is 0. The Labute approximate surface area is 132 Å². The molecule has 3 nitrogen and oxygen atoms in total. The van der Waals surface area contributed by atoms with Crippen LogP contribution in [0.15, 0.2) is 12.2 Å². The van der Waals surface area contributed by atoms with Gasteiger partial charge in [0.25, 0.3) is 0 Å². The van der Waals surface area contributed by atoms with E-state index in [1.54, 1.807) is 6.08 Å². The molecule has 0 aromatic carbocycles. The Morgan fingerprint density at radius 1 is 1.23 bits per heavy atom. The summed E-state index contributed by atoms with van der Waals surface area (Å²) in [4.78, 5) is 24.2. The highest BCUT2D eigenvalue weighted by Crippen LogP contribution is 2.64. The first-order valence-corrected chi connectivity index (χ1v) is 8.79. The van der Waals surface area contributed by atoms with Gasteiger partial charge in [0.15, 0.2) is 5.78 Å². The van der Waals surface area contributed by atoms with Crippen LogP contribution in [0.25, 0.3) is 0 Å². The van der Waals surface area contributed by atoms with Crippen LogP contribution in [0, 0.1) is 34.5 Å². The molecule has 0 spiro atoms. The predicted octanol–water partition coefficient (Wildman–Crippen LogP) is 2.91. The molecule has 22 heavy (non-hydrogen) atoms. The van der Waals surface area contributed by atoms with Gasteiger partial charge in [-0.1, -0.05) is 19.9 Å². The number of hydrogen-bond donors (Lipinski definition) is 1. The molecule has 0 saturated heterocycles. The van der Waals surface area contributed by atoms with Gasteiger partial charge in [0.1, 0.15) is 5.78 Å². The minimum absolute atomic E-state index is 0.165. The Bertz CT molecular complexity index is 565. The van der Waals surface area contributed by atoms with Crippen LogP contribution in [-0.2, 0) is 9.59 Å². The quantitative estimate of drug-likeness (QED) is 0.748. The van der Waals surface area contributed by atoms with Gasteiger partial charge >= 0.3 is 0 Å². The van der Waals surface area contributed by atoms with Crippen LogP contribution < -0.4 is 0 Å². The van der Waals surface area contributed by atoms with Crippen molar-refractivity contribution >= 4 is 11.6 Å². The van der Waals surface area contributed by atoms with Crippen molar-refractivity contribution in [2.24, 2.45) is 34.5 Å². The van der Waals surface area contributed by atoms with Crippen LogP contribution >= 0.6 is 0 Å². The fourth-order valence-corrected chi connectivity index (χ4v) is 6.29. The third kappa shape index (κ3) is 1.72. The van der Waals surface area contributed by atoms with E-state index >= 15 is 0 Å². The number of aliphatic hydroxyl groups excluding tert-OH is 1. The van der Waals surface area contributed by atoms with Gasteiger partial charge in [0.05, 0.1) is 6.10 Å². The van der Waals surface area contributed by atoms with Crippen molar-refractivity contribution in [2.75, 3.05) is 0 Å². The lowest BCUT2D eigenvalue weighted by molar-refractivity contribution is -0.163. The number of ketones is 2. The molecule has 120 valence electrons. The zero-order valence-corrected chi connectivity index (χ0v) is 13.5. The van der Waals surface area contributed by atoms with E-state index in [1.165, 1.54) is 0 Å². The second-order valence-electron chi connectivity index (χ2n) is 8.64. The number of aliphatic hydroxyl groups is 1. The molecule has 0 radical (unpaired) electrons. The fraction of sp³-hybridized carbons (Fsp3) is 0.789. The van der Waals surface area contributed by atoms with Crippen molar-refractivity contribution in [2.45, 2.75) is 58.5 Å². The van der Waals surface area contributed by atoms with E-state index in [9.17, 15) is 14.7 Å². The fourth-order valence-electron chi connectivity index (χ4n) is 6.29. The number of Topliss-reactive ketones (excluding diaryl/α,β-unsaturated/α-hetero) is 1. The summed E-state index contributed by atoms with van der Waals surface area (Å²) in [5.74, 6) is 1.76. The third-order valence-corrected chi connectivity index (χ3v) is 7.77. The van der Waals surface area contributed by atoms with Crippen molar-refractivity contribution in [1.82, 2.24) is 0 Å². The molecular weight excluding hydrogens is 276 g/mol. The van der Waals surface area contributed by atoms with Gasteiger partial charge in [0, 0.05) is 18.3 Å². The van der Waals surface area contributed by atoms with Crippen LogP contribution in [0.3, 0.4) is 0 Å². The average Bonchev–Trinajstić information content (AvgIpc) is 2.77. The van der Waals surface area contributed by atoms with E-state index in [-0.39, 0.29) is 34.6 Å². The van der Waals surface area contributed by atoms with Gasteiger partial charge in [0.2, 0.25) is 0 Å². The standard InChI is InChI=1S/C19H26O3/c1-18-7-5-12(20)9-11(18)10-15(21)17-13-3-4-16(22)19(13,2)8-6-14(17)18/h3-4,11,13-15,17,21H,5-10H2,1-2H3/t11?,13-,14-,15+,17-,18-,19-/m0/s1. The maximum Gasteiger partial charge on any atom is 0.161 e. The summed E-state index contributed by atoms with van der Waals surface area (Å²) >= 11 is 0. The van der Waals surface area contributed by atoms with Gasteiger partial charge < -0.3 is 5.11 Å². The molecule has 4 aliphatic rings. The van der Waals surface area contributed by atoms with Crippen molar-refractivity contribution in [3.8, 4) is 0 Å². The topological polar surface area (TPSA) is 54.4 Å². The van der Waals surface area contributed by atoms with E-state index in [1.807, 2.05) is 0 Å². The van der Waals surface area contributed by atoms with Gasteiger partial charge in [-0.25, -0.2) is 0 Å². The van der Waals surface area contributed by atoms with E-state index in [4.69, 9.17) is 0 Å². The summed E-state index contributed by atoms with van der Waals surface area (Å²) in [6.45, 7) is 4.43. The summed E-state index contributed by atoms with van der Waals surface area (Å²) in [5.41, 5.74) is -0.131. The van der Waals surface area contributed by atoms with E-state index in [2.05, 4.69) is 19.9 Å². The molecule has 0 bridgehead atoms. The average molecular weight is 302 g/mol. The summed E-state index contributed by atoms with van der Waals surface area (Å²) in [6.07, 6.45) is 8.43. The maximum atomic E-state index is 12.3. The van der Waals surface area contributed by atoms with Crippen molar-refractivity contribution in [1.29, 1.82) is 0 Å². The van der Waals surface area contributed by atoms with Crippen molar-refractivity contribution in [3.05, 3.63) is 12.2 Å². The zero-order valence-electron chi connectivity index (χ0n) is 13.5. The first-order valence-electron chi connectivity index (χ1n) is 8.79. The van der Waals surface area contributed by atoms with Gasteiger partial charge in [-0.3, -0.25) is 9.59 Å². The number of rotatable bonds is 0. The Kier molecular flexibility index (Phi) is 3.01.